The van der Waals surface area contributed by atoms with Gasteiger partial charge in [0.25, 0.3) is 0 Å². The van der Waals surface area contributed by atoms with Crippen LogP contribution in [0.3, 0.4) is 0 Å². The molecule has 0 aliphatic rings. The van der Waals surface area contributed by atoms with Crippen LogP contribution in [0.5, 0.6) is 0 Å². The lowest BCUT2D eigenvalue weighted by molar-refractivity contribution is -0.138. The first-order valence-corrected chi connectivity index (χ1v) is 3.52. The Kier molecular flexibility index (Phi) is 6.05. The summed E-state index contributed by atoms with van der Waals surface area (Å²) in [6, 6.07) is 7.94. The maximum absolute atomic E-state index is 11.9. The largest absolute Gasteiger partial charge is 0.481 e. The molecule has 13 heavy (non-hydrogen) atoms. The highest BCUT2D eigenvalue weighted by Gasteiger charge is 1.87. The third-order valence-electron chi connectivity index (χ3n) is 0.991. The Morgan fingerprint density at radius 3 is 2.08 bits per heavy atom. The maximum Gasteiger partial charge on any atom is 0.310 e. The Balaban J connectivity index is 0.000000226. The van der Waals surface area contributed by atoms with Gasteiger partial charge in [-0.2, -0.15) is 0 Å². The highest BCUT2D eigenvalue weighted by atomic mass is 19.1. The van der Waals surface area contributed by atoms with Crippen molar-refractivity contribution in [1.29, 1.82) is 0 Å². The monoisotopic (exact) mass is 184 g/mol. The molecule has 0 heterocycles. The second-order valence-electron chi connectivity index (χ2n) is 2.06. The van der Waals surface area contributed by atoms with E-state index in [1.807, 2.05) is 0 Å². The fraction of sp³-hybridized carbons (Fsp3) is 0.111. The third-order valence-corrected chi connectivity index (χ3v) is 0.991. The van der Waals surface area contributed by atoms with Crippen LogP contribution >= 0.6 is 0 Å². The van der Waals surface area contributed by atoms with E-state index in [9.17, 15) is 14.0 Å². The number of aldehydes is 1. The predicted octanol–water partition coefficient (Wildman–Crippen LogP) is 1.49. The lowest BCUT2D eigenvalue weighted by Gasteiger charge is -1.78. The molecule has 70 valence electrons. The molecule has 1 rings (SSSR count). The topological polar surface area (TPSA) is 54.4 Å². The van der Waals surface area contributed by atoms with Crippen molar-refractivity contribution in [2.75, 3.05) is 0 Å². The van der Waals surface area contributed by atoms with E-state index in [1.54, 1.807) is 18.2 Å². The van der Waals surface area contributed by atoms with E-state index in [2.05, 4.69) is 0 Å². The molecule has 1 N–H and O–H groups in total. The summed E-state index contributed by atoms with van der Waals surface area (Å²) in [4.78, 5) is 18.6. The molecule has 1 aromatic rings. The molecule has 3 nitrogen and oxygen atoms in total. The smallest absolute Gasteiger partial charge is 0.310 e. The molecule has 0 aliphatic heterocycles. The van der Waals surface area contributed by atoms with Crippen molar-refractivity contribution >= 4 is 12.3 Å². The van der Waals surface area contributed by atoms with Gasteiger partial charge in [-0.3, -0.25) is 4.79 Å². The molecular weight excluding hydrogens is 175 g/mol. The molecule has 4 heteroatoms. The van der Waals surface area contributed by atoms with Gasteiger partial charge in [0, 0.05) is 0 Å². The molecule has 0 spiro atoms. The van der Waals surface area contributed by atoms with E-state index in [1.165, 1.54) is 12.1 Å². The van der Waals surface area contributed by atoms with E-state index in [0.29, 0.717) is 6.29 Å². The Morgan fingerprint density at radius 2 is 1.92 bits per heavy atom. The number of halogens is 1. The highest BCUT2D eigenvalue weighted by molar-refractivity contribution is 5.81. The Morgan fingerprint density at radius 1 is 1.38 bits per heavy atom. The number of rotatable bonds is 2. The summed E-state index contributed by atoms with van der Waals surface area (Å²) in [6.07, 6.45) is -0.0394. The van der Waals surface area contributed by atoms with E-state index in [0.717, 1.165) is 0 Å². The van der Waals surface area contributed by atoms with Gasteiger partial charge in [-0.05, 0) is 12.1 Å². The van der Waals surface area contributed by atoms with Crippen LogP contribution in [0.25, 0.3) is 0 Å². The van der Waals surface area contributed by atoms with Crippen LogP contribution in [0, 0.1) is 5.82 Å². The molecule has 0 unspecified atom stereocenters. The minimum absolute atomic E-state index is 0.178. The van der Waals surface area contributed by atoms with Crippen LogP contribution in [0.15, 0.2) is 30.3 Å². The first-order valence-electron chi connectivity index (χ1n) is 3.52. The third kappa shape index (κ3) is 8.19. The van der Waals surface area contributed by atoms with Crippen LogP contribution in [-0.2, 0) is 9.59 Å². The first-order chi connectivity index (χ1) is 6.16. The van der Waals surface area contributed by atoms with Gasteiger partial charge in [-0.25, -0.2) is 4.39 Å². The van der Waals surface area contributed by atoms with Crippen molar-refractivity contribution in [1.82, 2.24) is 0 Å². The first kappa shape index (κ1) is 11.3. The molecular formula is C9H9FO3. The Labute approximate surface area is 74.8 Å². The normalized spacial score (nSPS) is 8.08. The lowest BCUT2D eigenvalue weighted by Crippen LogP contribution is -1.92. The van der Waals surface area contributed by atoms with Crippen molar-refractivity contribution < 1.29 is 19.1 Å². The van der Waals surface area contributed by atoms with Gasteiger partial charge in [0.05, 0.1) is 0 Å². The van der Waals surface area contributed by atoms with Crippen LogP contribution in [0.1, 0.15) is 6.42 Å². The lowest BCUT2D eigenvalue weighted by atomic mass is 10.4. The van der Waals surface area contributed by atoms with Crippen LogP contribution in [0.4, 0.5) is 4.39 Å². The summed E-state index contributed by atoms with van der Waals surface area (Å²) in [7, 11) is 0. The predicted molar refractivity (Wildman–Crippen MR) is 44.7 cm³/mol. The second kappa shape index (κ2) is 6.97. The number of benzene rings is 1. The standard InChI is InChI=1S/C6H5F.C3H4O3/c7-6-4-2-1-3-5-6;4-2-1-3(5)6/h1-5H;2H,1H2,(H,5,6). The fourth-order valence-corrected chi connectivity index (χ4v) is 0.486. The number of carboxylic acid groups (broad SMARTS) is 1. The molecule has 0 fully saturated rings. The molecule has 0 aliphatic carbocycles. The summed E-state index contributed by atoms with van der Waals surface area (Å²) < 4.78 is 11.9. The number of hydrogen-bond acceptors (Lipinski definition) is 2. The van der Waals surface area contributed by atoms with Gasteiger partial charge in [0.15, 0.2) is 0 Å². The van der Waals surface area contributed by atoms with E-state index in [-0.39, 0.29) is 12.2 Å². The van der Waals surface area contributed by atoms with Gasteiger partial charge in [-0.15, -0.1) is 0 Å². The molecule has 0 radical (unpaired) electrons. The summed E-state index contributed by atoms with van der Waals surface area (Å²) >= 11 is 0. The highest BCUT2D eigenvalue weighted by Crippen LogP contribution is 1.91. The minimum atomic E-state index is -1.08. The molecule has 0 atom stereocenters. The van der Waals surface area contributed by atoms with Crippen molar-refractivity contribution in [3.63, 3.8) is 0 Å². The quantitative estimate of drug-likeness (QED) is 0.559. The SMILES string of the molecule is Fc1ccccc1.O=CCC(=O)O. The molecule has 0 bridgehead atoms. The summed E-state index contributed by atoms with van der Waals surface area (Å²) in [5.41, 5.74) is 0. The summed E-state index contributed by atoms with van der Waals surface area (Å²) in [5, 5.41) is 7.68. The van der Waals surface area contributed by atoms with Crippen molar-refractivity contribution in [3.05, 3.63) is 36.1 Å². The van der Waals surface area contributed by atoms with Crippen LogP contribution in [-0.4, -0.2) is 17.4 Å². The Hall–Kier alpha value is -1.71. The number of carboxylic acids is 1. The van der Waals surface area contributed by atoms with Crippen molar-refractivity contribution in [2.24, 2.45) is 0 Å². The van der Waals surface area contributed by atoms with Crippen molar-refractivity contribution in [3.8, 4) is 0 Å². The van der Waals surface area contributed by atoms with E-state index >= 15 is 0 Å². The number of carbonyl (C=O) groups is 2. The zero-order chi connectivity index (χ0) is 10.1. The van der Waals surface area contributed by atoms with Gasteiger partial charge >= 0.3 is 5.97 Å². The number of aliphatic carboxylic acids is 1. The zero-order valence-electron chi connectivity index (χ0n) is 6.81. The Bertz CT molecular complexity index is 259. The molecule has 0 saturated carbocycles. The van der Waals surface area contributed by atoms with Gasteiger partial charge in [0.1, 0.15) is 18.5 Å². The zero-order valence-corrected chi connectivity index (χ0v) is 6.81. The van der Waals surface area contributed by atoms with Gasteiger partial charge in [0.2, 0.25) is 0 Å². The average molecular weight is 184 g/mol. The average Bonchev–Trinajstić information content (AvgIpc) is 2.06. The summed E-state index contributed by atoms with van der Waals surface area (Å²) in [5.74, 6) is -1.26. The molecule has 0 saturated heterocycles. The van der Waals surface area contributed by atoms with Crippen LogP contribution in [0.2, 0.25) is 0 Å². The number of hydrogen-bond donors (Lipinski definition) is 1. The number of carbonyl (C=O) groups excluding carboxylic acids is 1. The maximum atomic E-state index is 11.9. The van der Waals surface area contributed by atoms with Gasteiger partial charge in [-0.1, -0.05) is 18.2 Å². The second-order valence-corrected chi connectivity index (χ2v) is 2.06. The molecule has 0 amide bonds. The van der Waals surface area contributed by atoms with E-state index in [4.69, 9.17) is 5.11 Å². The fourth-order valence-electron chi connectivity index (χ4n) is 0.486. The van der Waals surface area contributed by atoms with Gasteiger partial charge < -0.3 is 9.90 Å². The minimum Gasteiger partial charge on any atom is -0.481 e. The summed E-state index contributed by atoms with van der Waals surface area (Å²) in [6.45, 7) is 0. The van der Waals surface area contributed by atoms with E-state index < -0.39 is 5.97 Å². The molecule has 1 aromatic carbocycles. The van der Waals surface area contributed by atoms with Crippen molar-refractivity contribution in [2.45, 2.75) is 6.42 Å². The molecule has 0 aromatic heterocycles. The van der Waals surface area contributed by atoms with Crippen LogP contribution < -0.4 is 0 Å².